The molecule has 0 saturated carbocycles. The van der Waals surface area contributed by atoms with Crippen LogP contribution in [0.25, 0.3) is 0 Å². The number of rotatable bonds is 3. The lowest BCUT2D eigenvalue weighted by Gasteiger charge is -2.10. The molecule has 0 aliphatic heterocycles. The van der Waals surface area contributed by atoms with Crippen LogP contribution in [0, 0.1) is 34.6 Å². The highest BCUT2D eigenvalue weighted by atomic mass is 127. The highest BCUT2D eigenvalue weighted by Crippen LogP contribution is 2.19. The van der Waals surface area contributed by atoms with Gasteiger partial charge < -0.3 is 4.74 Å². The quantitative estimate of drug-likeness (QED) is 0.293. The molecule has 2 heterocycles. The predicted octanol–water partition coefficient (Wildman–Crippen LogP) is 6.97. The number of hydrogen-bond acceptors (Lipinski definition) is 3. The SMILES string of the molecule is C.CI.Cc1ccnc(C)c1C.Cc1nccc(OCc2ccccc2)c1C. The number of halogens is 1. The van der Waals surface area contributed by atoms with Crippen LogP contribution in [0.15, 0.2) is 54.9 Å². The molecule has 0 saturated heterocycles. The molecule has 0 atom stereocenters. The lowest BCUT2D eigenvalue weighted by Crippen LogP contribution is -1.98. The molecular formula is C24H33IN2O. The molecule has 0 spiro atoms. The first-order valence-electron chi connectivity index (χ1n) is 8.84. The molecule has 3 rings (SSSR count). The molecule has 4 heteroatoms. The Bertz CT molecular complexity index is 800. The van der Waals surface area contributed by atoms with Gasteiger partial charge in [0, 0.05) is 29.3 Å². The Labute approximate surface area is 184 Å². The lowest BCUT2D eigenvalue weighted by atomic mass is 10.1. The smallest absolute Gasteiger partial charge is 0.126 e. The van der Waals surface area contributed by atoms with Crippen molar-refractivity contribution >= 4 is 22.6 Å². The van der Waals surface area contributed by atoms with Crippen LogP contribution in [0.2, 0.25) is 0 Å². The third-order valence-electron chi connectivity index (χ3n) is 4.37. The first kappa shape index (κ1) is 26.1. The zero-order valence-corrected chi connectivity index (χ0v) is 19.2. The predicted molar refractivity (Wildman–Crippen MR) is 130 cm³/mol. The Hall–Kier alpha value is -1.95. The van der Waals surface area contributed by atoms with Gasteiger partial charge in [0.15, 0.2) is 0 Å². The van der Waals surface area contributed by atoms with Gasteiger partial charge in [-0.05, 0) is 68.4 Å². The number of hydrogen-bond donors (Lipinski definition) is 0. The summed E-state index contributed by atoms with van der Waals surface area (Å²) in [6, 6.07) is 14.1. The molecule has 0 bridgehead atoms. The van der Waals surface area contributed by atoms with Gasteiger partial charge in [0.25, 0.3) is 0 Å². The number of aryl methyl sites for hydroxylation is 3. The maximum absolute atomic E-state index is 5.76. The van der Waals surface area contributed by atoms with Crippen LogP contribution in [0.5, 0.6) is 5.75 Å². The average molecular weight is 492 g/mol. The van der Waals surface area contributed by atoms with Crippen LogP contribution in [-0.2, 0) is 6.61 Å². The van der Waals surface area contributed by atoms with E-state index in [2.05, 4.69) is 58.5 Å². The van der Waals surface area contributed by atoms with Crippen molar-refractivity contribution in [3.8, 4) is 5.75 Å². The van der Waals surface area contributed by atoms with Crippen LogP contribution >= 0.6 is 22.6 Å². The summed E-state index contributed by atoms with van der Waals surface area (Å²) >= 11 is 2.15. The Morgan fingerprint density at radius 2 is 1.29 bits per heavy atom. The zero-order chi connectivity index (χ0) is 20.2. The van der Waals surface area contributed by atoms with E-state index in [1.54, 1.807) is 6.20 Å². The molecule has 0 unspecified atom stereocenters. The van der Waals surface area contributed by atoms with E-state index in [4.69, 9.17) is 4.74 Å². The number of nitrogens with zero attached hydrogens (tertiary/aromatic N) is 2. The molecule has 0 aliphatic carbocycles. The minimum atomic E-state index is 0. The lowest BCUT2D eigenvalue weighted by molar-refractivity contribution is 0.303. The molecule has 152 valence electrons. The monoisotopic (exact) mass is 492 g/mol. The maximum Gasteiger partial charge on any atom is 0.126 e. The molecule has 0 aliphatic rings. The normalized spacial score (nSPS) is 9.11. The number of benzene rings is 1. The summed E-state index contributed by atoms with van der Waals surface area (Å²) in [5.74, 6) is 0.913. The van der Waals surface area contributed by atoms with Gasteiger partial charge in [0.2, 0.25) is 0 Å². The fourth-order valence-corrected chi connectivity index (χ4v) is 2.28. The van der Waals surface area contributed by atoms with E-state index < -0.39 is 0 Å². The van der Waals surface area contributed by atoms with E-state index in [0.717, 1.165) is 22.7 Å². The molecular weight excluding hydrogens is 459 g/mol. The van der Waals surface area contributed by atoms with Gasteiger partial charge >= 0.3 is 0 Å². The topological polar surface area (TPSA) is 35.0 Å². The van der Waals surface area contributed by atoms with E-state index in [9.17, 15) is 0 Å². The minimum absolute atomic E-state index is 0. The largest absolute Gasteiger partial charge is 0.489 e. The average Bonchev–Trinajstić information content (AvgIpc) is 2.70. The summed E-state index contributed by atoms with van der Waals surface area (Å²) in [7, 11) is 0. The van der Waals surface area contributed by atoms with E-state index in [1.165, 1.54) is 16.7 Å². The van der Waals surface area contributed by atoms with Crippen LogP contribution in [0.4, 0.5) is 0 Å². The Balaban J connectivity index is 0.000000521. The van der Waals surface area contributed by atoms with Crippen molar-refractivity contribution in [3.63, 3.8) is 0 Å². The molecule has 0 N–H and O–H groups in total. The van der Waals surface area contributed by atoms with Crippen molar-refractivity contribution < 1.29 is 4.74 Å². The van der Waals surface area contributed by atoms with Crippen molar-refractivity contribution in [2.45, 2.75) is 48.7 Å². The number of aromatic nitrogens is 2. The summed E-state index contributed by atoms with van der Waals surface area (Å²) in [4.78, 5) is 10.3. The fraction of sp³-hybridized carbons (Fsp3) is 0.333. The molecule has 3 nitrogen and oxygen atoms in total. The van der Waals surface area contributed by atoms with Crippen LogP contribution in [0.1, 0.15) is 41.1 Å². The van der Waals surface area contributed by atoms with E-state index in [1.807, 2.05) is 62.2 Å². The van der Waals surface area contributed by atoms with Crippen molar-refractivity contribution in [2.75, 3.05) is 4.93 Å². The molecule has 28 heavy (non-hydrogen) atoms. The van der Waals surface area contributed by atoms with Crippen LogP contribution < -0.4 is 4.74 Å². The zero-order valence-electron chi connectivity index (χ0n) is 17.1. The van der Waals surface area contributed by atoms with Crippen LogP contribution in [0.3, 0.4) is 0 Å². The van der Waals surface area contributed by atoms with Gasteiger partial charge in [0.1, 0.15) is 12.4 Å². The Morgan fingerprint density at radius 3 is 1.82 bits per heavy atom. The van der Waals surface area contributed by atoms with Crippen molar-refractivity contribution in [1.82, 2.24) is 9.97 Å². The van der Waals surface area contributed by atoms with Gasteiger partial charge in [0.05, 0.1) is 0 Å². The maximum atomic E-state index is 5.76. The van der Waals surface area contributed by atoms with Crippen molar-refractivity contribution in [2.24, 2.45) is 0 Å². The Morgan fingerprint density at radius 1 is 0.750 bits per heavy atom. The van der Waals surface area contributed by atoms with Gasteiger partial charge in [-0.1, -0.05) is 60.3 Å². The van der Waals surface area contributed by atoms with Gasteiger partial charge in [-0.2, -0.15) is 0 Å². The number of ether oxygens (including phenoxy) is 1. The van der Waals surface area contributed by atoms with E-state index in [-0.39, 0.29) is 7.43 Å². The van der Waals surface area contributed by atoms with Gasteiger partial charge in [-0.25, -0.2) is 0 Å². The van der Waals surface area contributed by atoms with Gasteiger partial charge in [-0.3, -0.25) is 9.97 Å². The second kappa shape index (κ2) is 14.1. The third kappa shape index (κ3) is 8.38. The second-order valence-corrected chi connectivity index (χ2v) is 6.13. The van der Waals surface area contributed by atoms with Crippen LogP contribution in [-0.4, -0.2) is 14.9 Å². The summed E-state index contributed by atoms with van der Waals surface area (Å²) in [5.41, 5.74) is 7.07. The summed E-state index contributed by atoms with van der Waals surface area (Å²) in [5, 5.41) is 0. The Kier molecular flexibility index (Phi) is 13.1. The third-order valence-corrected chi connectivity index (χ3v) is 4.37. The molecule has 2 aromatic heterocycles. The second-order valence-electron chi connectivity index (χ2n) is 6.13. The summed E-state index contributed by atoms with van der Waals surface area (Å²) < 4.78 is 5.76. The molecule has 1 aromatic carbocycles. The first-order chi connectivity index (χ1) is 13.0. The molecule has 0 fully saturated rings. The highest BCUT2D eigenvalue weighted by Gasteiger charge is 2.02. The van der Waals surface area contributed by atoms with E-state index >= 15 is 0 Å². The number of alkyl halides is 1. The summed E-state index contributed by atoms with van der Waals surface area (Å²) in [6.07, 6.45) is 3.63. The van der Waals surface area contributed by atoms with E-state index in [0.29, 0.717) is 6.61 Å². The van der Waals surface area contributed by atoms with Crippen molar-refractivity contribution in [3.05, 3.63) is 88.5 Å². The van der Waals surface area contributed by atoms with Crippen molar-refractivity contribution in [1.29, 1.82) is 0 Å². The first-order valence-corrected chi connectivity index (χ1v) is 11.0. The number of pyridine rings is 2. The fourth-order valence-electron chi connectivity index (χ4n) is 2.28. The molecule has 0 amide bonds. The standard InChI is InChI=1S/C14H15NO.C8H11N.CH3I.CH4/c1-11-12(2)15-9-8-14(11)16-10-13-6-4-3-5-7-13;1-6-4-5-9-8(3)7(6)2;1-2;/h3-9H,10H2,1-2H3;4-5H,1-3H3;1H3;1H4. The van der Waals surface area contributed by atoms with Gasteiger partial charge in [-0.15, -0.1) is 0 Å². The summed E-state index contributed by atoms with van der Waals surface area (Å²) in [6.45, 7) is 10.8. The minimum Gasteiger partial charge on any atom is -0.489 e. The molecule has 3 aromatic rings. The highest BCUT2D eigenvalue weighted by molar-refractivity contribution is 14.1. The molecule has 0 radical (unpaired) electrons.